The van der Waals surface area contributed by atoms with Crippen LogP contribution in [-0.4, -0.2) is 24.5 Å². The van der Waals surface area contributed by atoms with E-state index in [4.69, 9.17) is 0 Å². The minimum atomic E-state index is 1.12. The van der Waals surface area contributed by atoms with Crippen LogP contribution in [0.3, 0.4) is 0 Å². The number of likely N-dealkylation sites (tertiary alicyclic amines) is 1. The van der Waals surface area contributed by atoms with Crippen molar-refractivity contribution < 1.29 is 0 Å². The SMILES string of the molecule is Br/C=C/CN1CCC1. The van der Waals surface area contributed by atoms with E-state index >= 15 is 0 Å². The highest BCUT2D eigenvalue weighted by molar-refractivity contribution is 9.11. The molecule has 2 heteroatoms. The van der Waals surface area contributed by atoms with Crippen LogP contribution in [0.15, 0.2) is 11.1 Å². The monoisotopic (exact) mass is 175 g/mol. The maximum Gasteiger partial charge on any atom is 0.0171 e. The van der Waals surface area contributed by atoms with Gasteiger partial charge in [0.15, 0.2) is 0 Å². The van der Waals surface area contributed by atoms with Crippen LogP contribution in [0.1, 0.15) is 6.42 Å². The van der Waals surface area contributed by atoms with Gasteiger partial charge in [-0.25, -0.2) is 0 Å². The zero-order valence-electron chi connectivity index (χ0n) is 4.81. The molecule has 1 aliphatic rings. The molecule has 1 aliphatic heterocycles. The predicted molar refractivity (Wildman–Crippen MR) is 39.1 cm³/mol. The Morgan fingerprint density at radius 2 is 2.25 bits per heavy atom. The second-order valence-electron chi connectivity index (χ2n) is 2.02. The summed E-state index contributed by atoms with van der Waals surface area (Å²) in [7, 11) is 0. The van der Waals surface area contributed by atoms with Gasteiger partial charge in [-0.2, -0.15) is 0 Å². The van der Waals surface area contributed by atoms with E-state index in [0.717, 1.165) is 6.54 Å². The molecule has 0 aromatic rings. The van der Waals surface area contributed by atoms with Gasteiger partial charge < -0.3 is 0 Å². The Bertz CT molecular complexity index is 86.5. The van der Waals surface area contributed by atoms with Crippen LogP contribution in [0.4, 0.5) is 0 Å². The molecule has 0 aliphatic carbocycles. The molecule has 0 unspecified atom stereocenters. The van der Waals surface area contributed by atoms with Crippen molar-refractivity contribution in [2.45, 2.75) is 6.42 Å². The Morgan fingerprint density at radius 3 is 2.62 bits per heavy atom. The lowest BCUT2D eigenvalue weighted by atomic mass is 10.2. The molecule has 0 radical (unpaired) electrons. The summed E-state index contributed by atoms with van der Waals surface area (Å²) < 4.78 is 0. The standard InChI is InChI=1S/C6H10BrN/c7-3-1-4-8-5-2-6-8/h1,3H,2,4-6H2/b3-1+. The summed E-state index contributed by atoms with van der Waals surface area (Å²) in [6.07, 6.45) is 3.51. The Balaban J connectivity index is 2.01. The molecule has 0 aromatic carbocycles. The van der Waals surface area contributed by atoms with Crippen molar-refractivity contribution in [2.75, 3.05) is 19.6 Å². The van der Waals surface area contributed by atoms with Gasteiger partial charge in [0.05, 0.1) is 0 Å². The number of hydrogen-bond donors (Lipinski definition) is 0. The fraction of sp³-hybridized carbons (Fsp3) is 0.667. The Kier molecular flexibility index (Phi) is 2.56. The highest BCUT2D eigenvalue weighted by atomic mass is 79.9. The summed E-state index contributed by atoms with van der Waals surface area (Å²) in [5.41, 5.74) is 0. The van der Waals surface area contributed by atoms with E-state index in [1.54, 1.807) is 0 Å². The van der Waals surface area contributed by atoms with E-state index in [2.05, 4.69) is 26.9 Å². The largest absolute Gasteiger partial charge is 0.300 e. The summed E-state index contributed by atoms with van der Waals surface area (Å²) in [5, 5.41) is 0. The quantitative estimate of drug-likeness (QED) is 0.617. The average molecular weight is 176 g/mol. The molecule has 46 valence electrons. The molecule has 0 spiro atoms. The molecule has 0 saturated carbocycles. The summed E-state index contributed by atoms with van der Waals surface area (Å²) >= 11 is 3.22. The van der Waals surface area contributed by atoms with Gasteiger partial charge in [-0.1, -0.05) is 22.0 Å². The number of nitrogens with zero attached hydrogens (tertiary/aromatic N) is 1. The van der Waals surface area contributed by atoms with Gasteiger partial charge in [-0.05, 0) is 24.5 Å². The molecule has 1 nitrogen and oxygen atoms in total. The van der Waals surface area contributed by atoms with Crippen molar-refractivity contribution in [3.8, 4) is 0 Å². The Hall–Kier alpha value is 0.180. The van der Waals surface area contributed by atoms with Crippen molar-refractivity contribution in [3.05, 3.63) is 11.1 Å². The van der Waals surface area contributed by atoms with Crippen molar-refractivity contribution >= 4 is 15.9 Å². The zero-order valence-corrected chi connectivity index (χ0v) is 6.39. The third-order valence-electron chi connectivity index (χ3n) is 1.40. The Morgan fingerprint density at radius 1 is 1.50 bits per heavy atom. The van der Waals surface area contributed by atoms with Crippen LogP contribution in [0.2, 0.25) is 0 Å². The minimum Gasteiger partial charge on any atom is -0.300 e. The van der Waals surface area contributed by atoms with Gasteiger partial charge in [0.2, 0.25) is 0 Å². The third-order valence-corrected chi connectivity index (χ3v) is 1.78. The molecule has 1 heterocycles. The van der Waals surface area contributed by atoms with Crippen molar-refractivity contribution in [1.29, 1.82) is 0 Å². The van der Waals surface area contributed by atoms with Gasteiger partial charge in [0.25, 0.3) is 0 Å². The van der Waals surface area contributed by atoms with Gasteiger partial charge in [0.1, 0.15) is 0 Å². The first-order valence-corrected chi connectivity index (χ1v) is 3.82. The summed E-state index contributed by atoms with van der Waals surface area (Å²) in [6, 6.07) is 0. The number of halogens is 1. The van der Waals surface area contributed by atoms with Crippen LogP contribution in [-0.2, 0) is 0 Å². The lowest BCUT2D eigenvalue weighted by Crippen LogP contribution is -2.36. The summed E-state index contributed by atoms with van der Waals surface area (Å²) in [4.78, 5) is 4.32. The second-order valence-corrected chi connectivity index (χ2v) is 2.54. The first kappa shape index (κ1) is 6.30. The first-order valence-electron chi connectivity index (χ1n) is 2.91. The minimum absolute atomic E-state index is 1.12. The molecule has 0 atom stereocenters. The smallest absolute Gasteiger partial charge is 0.0171 e. The van der Waals surface area contributed by atoms with Crippen molar-refractivity contribution in [1.82, 2.24) is 4.90 Å². The van der Waals surface area contributed by atoms with Gasteiger partial charge in [-0.3, -0.25) is 4.90 Å². The molecular formula is C6H10BrN. The van der Waals surface area contributed by atoms with E-state index in [0.29, 0.717) is 0 Å². The van der Waals surface area contributed by atoms with Crippen LogP contribution in [0.5, 0.6) is 0 Å². The number of rotatable bonds is 2. The highest BCUT2D eigenvalue weighted by Crippen LogP contribution is 2.04. The average Bonchev–Trinajstić information content (AvgIpc) is 1.63. The third kappa shape index (κ3) is 1.60. The maximum absolute atomic E-state index is 3.22. The summed E-state index contributed by atoms with van der Waals surface area (Å²) in [6.45, 7) is 3.69. The van der Waals surface area contributed by atoms with E-state index in [1.807, 2.05) is 4.99 Å². The molecular weight excluding hydrogens is 166 g/mol. The van der Waals surface area contributed by atoms with Crippen LogP contribution >= 0.6 is 15.9 Å². The molecule has 8 heavy (non-hydrogen) atoms. The molecule has 1 rings (SSSR count). The topological polar surface area (TPSA) is 3.24 Å². The Labute approximate surface area is 58.5 Å². The molecule has 0 aromatic heterocycles. The van der Waals surface area contributed by atoms with Gasteiger partial charge in [-0.15, -0.1) is 0 Å². The lowest BCUT2D eigenvalue weighted by Gasteiger charge is -2.29. The van der Waals surface area contributed by atoms with E-state index in [-0.39, 0.29) is 0 Å². The van der Waals surface area contributed by atoms with Crippen LogP contribution in [0, 0.1) is 0 Å². The molecule has 0 amide bonds. The van der Waals surface area contributed by atoms with E-state index < -0.39 is 0 Å². The van der Waals surface area contributed by atoms with E-state index in [9.17, 15) is 0 Å². The molecule has 0 bridgehead atoms. The van der Waals surface area contributed by atoms with Gasteiger partial charge in [0, 0.05) is 6.54 Å². The molecule has 0 N–H and O–H groups in total. The maximum atomic E-state index is 3.22. The van der Waals surface area contributed by atoms with Crippen molar-refractivity contribution in [2.24, 2.45) is 0 Å². The predicted octanol–water partition coefficient (Wildman–Crippen LogP) is 1.60. The fourth-order valence-corrected chi connectivity index (χ4v) is 0.920. The normalized spacial score (nSPS) is 21.6. The number of hydrogen-bond acceptors (Lipinski definition) is 1. The zero-order chi connectivity index (χ0) is 5.82. The van der Waals surface area contributed by atoms with Crippen LogP contribution < -0.4 is 0 Å². The highest BCUT2D eigenvalue weighted by Gasteiger charge is 2.10. The molecule has 1 fully saturated rings. The van der Waals surface area contributed by atoms with E-state index in [1.165, 1.54) is 19.5 Å². The fourth-order valence-electron chi connectivity index (χ4n) is 0.753. The lowest BCUT2D eigenvalue weighted by molar-refractivity contribution is 0.203. The van der Waals surface area contributed by atoms with Crippen LogP contribution in [0.25, 0.3) is 0 Å². The van der Waals surface area contributed by atoms with Crippen molar-refractivity contribution in [3.63, 3.8) is 0 Å². The van der Waals surface area contributed by atoms with Gasteiger partial charge >= 0.3 is 0 Å². The molecule has 1 saturated heterocycles. The summed E-state index contributed by atoms with van der Waals surface area (Å²) in [5.74, 6) is 0. The first-order chi connectivity index (χ1) is 3.93. The second kappa shape index (κ2) is 3.25.